The van der Waals surface area contributed by atoms with E-state index < -0.39 is 18.2 Å². The number of hydrogen-bond acceptors (Lipinski definition) is 4. The Bertz CT molecular complexity index is 535. The fourth-order valence-electron chi connectivity index (χ4n) is 4.35. The van der Waals surface area contributed by atoms with E-state index in [-0.39, 0.29) is 18.9 Å². The monoisotopic (exact) mass is 509 g/mol. The number of carbonyl (C=O) groups excluding carboxylic acids is 1. The highest BCUT2D eigenvalue weighted by Gasteiger charge is 2.19. The van der Waals surface area contributed by atoms with Gasteiger partial charge in [-0.2, -0.15) is 0 Å². The lowest BCUT2D eigenvalue weighted by atomic mass is 10.0. The Morgan fingerprint density at radius 1 is 0.694 bits per heavy atom. The van der Waals surface area contributed by atoms with E-state index in [1.807, 2.05) is 6.08 Å². The van der Waals surface area contributed by atoms with Crippen molar-refractivity contribution in [2.24, 2.45) is 0 Å². The molecule has 0 bridgehead atoms. The van der Waals surface area contributed by atoms with Gasteiger partial charge in [-0.3, -0.25) is 4.79 Å². The van der Waals surface area contributed by atoms with Crippen molar-refractivity contribution in [3.05, 3.63) is 24.3 Å². The van der Waals surface area contributed by atoms with E-state index in [1.165, 1.54) is 83.5 Å². The summed E-state index contributed by atoms with van der Waals surface area (Å²) in [4.78, 5) is 12.2. The van der Waals surface area contributed by atoms with Crippen LogP contribution in [0.2, 0.25) is 0 Å². The van der Waals surface area contributed by atoms with Crippen molar-refractivity contribution < 1.29 is 20.1 Å². The molecule has 0 radical (unpaired) electrons. The van der Waals surface area contributed by atoms with Crippen LogP contribution >= 0.6 is 0 Å². The summed E-state index contributed by atoms with van der Waals surface area (Å²) < 4.78 is 0. The molecule has 0 aromatic carbocycles. The van der Waals surface area contributed by atoms with Crippen molar-refractivity contribution in [3.63, 3.8) is 0 Å². The second kappa shape index (κ2) is 26.9. The zero-order valence-corrected chi connectivity index (χ0v) is 23.6. The predicted molar refractivity (Wildman–Crippen MR) is 153 cm³/mol. The van der Waals surface area contributed by atoms with Crippen molar-refractivity contribution in [1.29, 1.82) is 0 Å². The standard InChI is InChI=1S/C31H59NO4/c1-3-5-7-9-11-13-14-15-16-17-19-21-23-25-30(35)29(27-33)32-31(36)26-28(34)24-22-20-18-12-10-8-6-4-2/h16-17,23,25,28-30,33-35H,3-15,18-22,24,26-27H2,1-2H3,(H,32,36)/b17-16+,25-23+. The number of aliphatic hydroxyl groups excluding tert-OH is 3. The summed E-state index contributed by atoms with van der Waals surface area (Å²) in [7, 11) is 0. The van der Waals surface area contributed by atoms with Gasteiger partial charge < -0.3 is 20.6 Å². The molecule has 3 unspecified atom stereocenters. The Morgan fingerprint density at radius 3 is 1.78 bits per heavy atom. The van der Waals surface area contributed by atoms with Crippen molar-refractivity contribution in [2.45, 2.75) is 161 Å². The zero-order valence-electron chi connectivity index (χ0n) is 23.6. The average molecular weight is 510 g/mol. The molecule has 3 atom stereocenters. The molecule has 0 fully saturated rings. The van der Waals surface area contributed by atoms with Gasteiger partial charge in [0.05, 0.1) is 31.3 Å². The molecule has 1 amide bonds. The quantitative estimate of drug-likeness (QED) is 0.0737. The van der Waals surface area contributed by atoms with Gasteiger partial charge in [-0.25, -0.2) is 0 Å². The van der Waals surface area contributed by atoms with Crippen molar-refractivity contribution in [2.75, 3.05) is 6.61 Å². The van der Waals surface area contributed by atoms with Gasteiger partial charge in [-0.15, -0.1) is 0 Å². The van der Waals surface area contributed by atoms with Crippen LogP contribution in [-0.4, -0.2) is 46.1 Å². The molecule has 0 aliphatic rings. The molecule has 5 heteroatoms. The summed E-state index contributed by atoms with van der Waals surface area (Å²) >= 11 is 0. The molecule has 0 aromatic rings. The largest absolute Gasteiger partial charge is 0.394 e. The maximum atomic E-state index is 12.2. The second-order valence-electron chi connectivity index (χ2n) is 10.4. The van der Waals surface area contributed by atoms with Crippen LogP contribution in [0.4, 0.5) is 0 Å². The van der Waals surface area contributed by atoms with E-state index in [0.717, 1.165) is 32.1 Å². The summed E-state index contributed by atoms with van der Waals surface area (Å²) in [6, 6.07) is -0.753. The van der Waals surface area contributed by atoms with Gasteiger partial charge >= 0.3 is 0 Å². The Hall–Kier alpha value is -1.17. The third-order valence-electron chi connectivity index (χ3n) is 6.74. The van der Waals surface area contributed by atoms with Crippen LogP contribution < -0.4 is 5.32 Å². The fourth-order valence-corrected chi connectivity index (χ4v) is 4.35. The fraction of sp³-hybridized carbons (Fsp3) is 0.839. The van der Waals surface area contributed by atoms with Crippen molar-refractivity contribution in [1.82, 2.24) is 5.32 Å². The van der Waals surface area contributed by atoms with Gasteiger partial charge in [-0.1, -0.05) is 128 Å². The van der Waals surface area contributed by atoms with Crippen molar-refractivity contribution >= 4 is 5.91 Å². The van der Waals surface area contributed by atoms with Crippen LogP contribution in [0.15, 0.2) is 24.3 Å². The van der Waals surface area contributed by atoms with E-state index in [2.05, 4.69) is 31.3 Å². The number of aliphatic hydroxyl groups is 3. The lowest BCUT2D eigenvalue weighted by Gasteiger charge is -2.21. The summed E-state index contributed by atoms with van der Waals surface area (Å²) in [5.41, 5.74) is 0. The van der Waals surface area contributed by atoms with Gasteiger partial charge in [0.1, 0.15) is 0 Å². The zero-order chi connectivity index (χ0) is 26.7. The number of allylic oxidation sites excluding steroid dienone is 3. The van der Waals surface area contributed by atoms with E-state index in [0.29, 0.717) is 6.42 Å². The Balaban J connectivity index is 3.89. The first kappa shape index (κ1) is 34.8. The lowest BCUT2D eigenvalue weighted by molar-refractivity contribution is -0.124. The molecule has 0 heterocycles. The number of unbranched alkanes of at least 4 members (excludes halogenated alkanes) is 15. The topological polar surface area (TPSA) is 89.8 Å². The van der Waals surface area contributed by atoms with Crippen LogP contribution in [0, 0.1) is 0 Å². The molecule has 0 saturated carbocycles. The number of nitrogens with one attached hydrogen (secondary N) is 1. The number of rotatable bonds is 26. The molecule has 4 N–H and O–H groups in total. The first-order valence-corrected chi connectivity index (χ1v) is 15.1. The van der Waals surface area contributed by atoms with Crippen LogP contribution in [0.5, 0.6) is 0 Å². The normalized spacial score (nSPS) is 14.5. The average Bonchev–Trinajstić information content (AvgIpc) is 2.86. The molecular weight excluding hydrogens is 450 g/mol. The summed E-state index contributed by atoms with van der Waals surface area (Å²) in [5, 5.41) is 32.7. The molecule has 36 heavy (non-hydrogen) atoms. The van der Waals surface area contributed by atoms with Gasteiger partial charge in [0, 0.05) is 0 Å². The Morgan fingerprint density at radius 2 is 1.19 bits per heavy atom. The molecule has 0 aliphatic heterocycles. The molecular formula is C31H59NO4. The van der Waals surface area contributed by atoms with Crippen LogP contribution in [-0.2, 0) is 4.79 Å². The highest BCUT2D eigenvalue weighted by molar-refractivity contribution is 5.76. The first-order chi connectivity index (χ1) is 17.5. The van der Waals surface area contributed by atoms with Crippen LogP contribution in [0.1, 0.15) is 142 Å². The highest BCUT2D eigenvalue weighted by atomic mass is 16.3. The van der Waals surface area contributed by atoms with E-state index >= 15 is 0 Å². The maximum Gasteiger partial charge on any atom is 0.222 e. The minimum Gasteiger partial charge on any atom is -0.394 e. The van der Waals surface area contributed by atoms with Crippen LogP contribution in [0.3, 0.4) is 0 Å². The SMILES string of the molecule is CCCCCCCCC/C=C/CC/C=C/C(O)C(CO)NC(=O)CC(O)CCCCCCCCCC. The number of carbonyl (C=O) groups is 1. The van der Waals surface area contributed by atoms with E-state index in [1.54, 1.807) is 6.08 Å². The summed E-state index contributed by atoms with van der Waals surface area (Å²) in [5.74, 6) is -0.332. The summed E-state index contributed by atoms with van der Waals surface area (Å²) in [6.07, 6.45) is 28.7. The molecule has 5 nitrogen and oxygen atoms in total. The van der Waals surface area contributed by atoms with E-state index in [4.69, 9.17) is 0 Å². The molecule has 0 spiro atoms. The second-order valence-corrected chi connectivity index (χ2v) is 10.4. The molecule has 0 aliphatic carbocycles. The lowest BCUT2D eigenvalue weighted by Crippen LogP contribution is -2.45. The minimum absolute atomic E-state index is 0.00691. The minimum atomic E-state index is -0.944. The Kier molecular flexibility index (Phi) is 26.0. The van der Waals surface area contributed by atoms with Crippen LogP contribution in [0.25, 0.3) is 0 Å². The maximum absolute atomic E-state index is 12.2. The van der Waals surface area contributed by atoms with E-state index in [9.17, 15) is 20.1 Å². The summed E-state index contributed by atoms with van der Waals surface area (Å²) in [6.45, 7) is 4.12. The predicted octanol–water partition coefficient (Wildman–Crippen LogP) is 7.14. The van der Waals surface area contributed by atoms with Gasteiger partial charge in [0.25, 0.3) is 0 Å². The third-order valence-corrected chi connectivity index (χ3v) is 6.74. The molecule has 0 aromatic heterocycles. The number of amides is 1. The van der Waals surface area contributed by atoms with Gasteiger partial charge in [-0.05, 0) is 32.1 Å². The van der Waals surface area contributed by atoms with Crippen molar-refractivity contribution in [3.8, 4) is 0 Å². The number of hydrogen-bond donors (Lipinski definition) is 4. The molecule has 212 valence electrons. The molecule has 0 rings (SSSR count). The molecule has 0 saturated heterocycles. The van der Waals surface area contributed by atoms with Gasteiger partial charge in [0.2, 0.25) is 5.91 Å². The highest BCUT2D eigenvalue weighted by Crippen LogP contribution is 2.12. The Labute approximate surface area is 222 Å². The third kappa shape index (κ3) is 23.2. The first-order valence-electron chi connectivity index (χ1n) is 15.1. The van der Waals surface area contributed by atoms with Gasteiger partial charge in [0.15, 0.2) is 0 Å². The smallest absolute Gasteiger partial charge is 0.222 e.